The maximum Gasteiger partial charge on any atom is 0.147 e. The van der Waals surface area contributed by atoms with Crippen LogP contribution in [0.5, 0.6) is 5.75 Å². The van der Waals surface area contributed by atoms with E-state index in [1.54, 1.807) is 0 Å². The predicted octanol–water partition coefficient (Wildman–Crippen LogP) is 4.54. The van der Waals surface area contributed by atoms with Gasteiger partial charge in [-0.3, -0.25) is 0 Å². The van der Waals surface area contributed by atoms with Crippen molar-refractivity contribution < 1.29 is 4.74 Å². The van der Waals surface area contributed by atoms with E-state index in [0.29, 0.717) is 6.61 Å². The van der Waals surface area contributed by atoms with Gasteiger partial charge in [-0.1, -0.05) is 30.3 Å². The van der Waals surface area contributed by atoms with Crippen molar-refractivity contribution in [1.29, 1.82) is 0 Å². The van der Waals surface area contributed by atoms with Gasteiger partial charge < -0.3 is 10.1 Å². The molecule has 4 nitrogen and oxygen atoms in total. The minimum absolute atomic E-state index is 0.0158. The molecule has 0 bridgehead atoms. The summed E-state index contributed by atoms with van der Waals surface area (Å²) in [6.07, 6.45) is -0.0158. The number of rotatable bonds is 3. The number of aromatic nitrogens is 2. The Bertz CT molecular complexity index is 880. The Balaban J connectivity index is 1.81. The monoisotopic (exact) mass is 319 g/mol. The van der Waals surface area contributed by atoms with E-state index < -0.39 is 0 Å². The van der Waals surface area contributed by atoms with E-state index in [0.717, 1.165) is 22.7 Å². The van der Waals surface area contributed by atoms with E-state index in [4.69, 9.17) is 9.84 Å². The second kappa shape index (κ2) is 5.71. The molecule has 0 saturated heterocycles. The van der Waals surface area contributed by atoms with Crippen molar-refractivity contribution in [2.75, 3.05) is 11.9 Å². The van der Waals surface area contributed by atoms with Gasteiger partial charge in [-0.15, -0.1) is 0 Å². The van der Waals surface area contributed by atoms with Gasteiger partial charge in [0.05, 0.1) is 18.0 Å². The highest BCUT2D eigenvalue weighted by Crippen LogP contribution is 2.40. The molecule has 2 heterocycles. The first-order valence-electron chi connectivity index (χ1n) is 8.33. The van der Waals surface area contributed by atoms with Crippen molar-refractivity contribution in [2.24, 2.45) is 0 Å². The summed E-state index contributed by atoms with van der Waals surface area (Å²) >= 11 is 0. The average Bonchev–Trinajstić information content (AvgIpc) is 2.97. The molecular weight excluding hydrogens is 298 g/mol. The molecule has 1 aliphatic rings. The Morgan fingerprint density at radius 1 is 1.12 bits per heavy atom. The van der Waals surface area contributed by atoms with Crippen LogP contribution in [0.15, 0.2) is 48.5 Å². The fourth-order valence-electron chi connectivity index (χ4n) is 3.32. The molecule has 0 fully saturated rings. The van der Waals surface area contributed by atoms with Crippen LogP contribution in [-0.2, 0) is 0 Å². The average molecular weight is 319 g/mol. The van der Waals surface area contributed by atoms with Crippen LogP contribution >= 0.6 is 0 Å². The van der Waals surface area contributed by atoms with Crippen LogP contribution < -0.4 is 10.1 Å². The lowest BCUT2D eigenvalue weighted by Gasteiger charge is -2.30. The van der Waals surface area contributed by atoms with Crippen molar-refractivity contribution in [3.05, 3.63) is 65.4 Å². The molecule has 0 saturated carbocycles. The lowest BCUT2D eigenvalue weighted by atomic mass is 10.0. The van der Waals surface area contributed by atoms with E-state index in [2.05, 4.69) is 53.3 Å². The van der Waals surface area contributed by atoms with Gasteiger partial charge in [-0.25, -0.2) is 4.68 Å². The minimum Gasteiger partial charge on any atom is -0.494 e. The van der Waals surface area contributed by atoms with E-state index in [1.165, 1.54) is 16.8 Å². The Morgan fingerprint density at radius 2 is 1.92 bits per heavy atom. The standard InChI is InChI=1S/C20H21N3O/c1-4-24-16-10-8-15(9-11-16)20-21-19-13(2)6-5-7-17(19)18-12-14(3)22-23(18)20/h5-12,20-21H,4H2,1-3H3/t20-/m1/s1. The molecule has 4 rings (SSSR count). The van der Waals surface area contributed by atoms with Gasteiger partial charge in [0.2, 0.25) is 0 Å². The quantitative estimate of drug-likeness (QED) is 0.770. The van der Waals surface area contributed by atoms with Gasteiger partial charge >= 0.3 is 0 Å². The van der Waals surface area contributed by atoms with Gasteiger partial charge in [0.25, 0.3) is 0 Å². The highest BCUT2D eigenvalue weighted by molar-refractivity contribution is 5.81. The van der Waals surface area contributed by atoms with Gasteiger partial charge in [0.1, 0.15) is 11.9 Å². The summed E-state index contributed by atoms with van der Waals surface area (Å²) in [6, 6.07) is 16.8. The lowest BCUT2D eigenvalue weighted by molar-refractivity contribution is 0.340. The van der Waals surface area contributed by atoms with Crippen molar-refractivity contribution in [1.82, 2.24) is 9.78 Å². The topological polar surface area (TPSA) is 39.1 Å². The summed E-state index contributed by atoms with van der Waals surface area (Å²) in [5, 5.41) is 8.38. The molecule has 0 amide bonds. The van der Waals surface area contributed by atoms with Crippen molar-refractivity contribution >= 4 is 5.69 Å². The third-order valence-corrected chi connectivity index (χ3v) is 4.44. The molecule has 1 atom stereocenters. The Morgan fingerprint density at radius 3 is 2.67 bits per heavy atom. The second-order valence-corrected chi connectivity index (χ2v) is 6.16. The van der Waals surface area contributed by atoms with Crippen molar-refractivity contribution in [3.8, 4) is 17.0 Å². The Hall–Kier alpha value is -2.75. The Kier molecular flexibility index (Phi) is 3.53. The summed E-state index contributed by atoms with van der Waals surface area (Å²) in [5.74, 6) is 0.894. The van der Waals surface area contributed by atoms with Crippen LogP contribution in [0.25, 0.3) is 11.3 Å². The summed E-state index contributed by atoms with van der Waals surface area (Å²) in [6.45, 7) is 6.85. The smallest absolute Gasteiger partial charge is 0.147 e. The SMILES string of the molecule is CCOc1ccc([C@@H]2Nc3c(C)cccc3-c3cc(C)nn32)cc1. The van der Waals surface area contributed by atoms with Gasteiger partial charge in [-0.05, 0) is 50.1 Å². The number of hydrogen-bond acceptors (Lipinski definition) is 3. The van der Waals surface area contributed by atoms with Gasteiger partial charge in [0.15, 0.2) is 0 Å². The van der Waals surface area contributed by atoms with Crippen LogP contribution in [0.3, 0.4) is 0 Å². The molecule has 2 aromatic carbocycles. The first kappa shape index (κ1) is 14.8. The van der Waals surface area contributed by atoms with Crippen LogP contribution in [0.2, 0.25) is 0 Å². The predicted molar refractivity (Wildman–Crippen MR) is 96.5 cm³/mol. The first-order valence-corrected chi connectivity index (χ1v) is 8.33. The van der Waals surface area contributed by atoms with Crippen LogP contribution in [0, 0.1) is 13.8 Å². The molecule has 122 valence electrons. The summed E-state index contributed by atoms with van der Waals surface area (Å²) in [7, 11) is 0. The molecule has 4 heteroatoms. The van der Waals surface area contributed by atoms with Crippen LogP contribution in [0.1, 0.15) is 29.9 Å². The van der Waals surface area contributed by atoms with E-state index in [-0.39, 0.29) is 6.17 Å². The number of ether oxygens (including phenoxy) is 1. The minimum atomic E-state index is -0.0158. The number of fused-ring (bicyclic) bond motifs is 3. The zero-order chi connectivity index (χ0) is 16.7. The third-order valence-electron chi connectivity index (χ3n) is 4.44. The summed E-state index contributed by atoms with van der Waals surface area (Å²) < 4.78 is 7.63. The fourth-order valence-corrected chi connectivity index (χ4v) is 3.32. The molecule has 24 heavy (non-hydrogen) atoms. The largest absolute Gasteiger partial charge is 0.494 e. The van der Waals surface area contributed by atoms with Gasteiger partial charge in [0, 0.05) is 11.3 Å². The number of nitrogens with one attached hydrogen (secondary N) is 1. The molecule has 1 aromatic heterocycles. The molecule has 0 unspecified atom stereocenters. The number of para-hydroxylation sites is 1. The molecule has 1 aliphatic heterocycles. The zero-order valence-electron chi connectivity index (χ0n) is 14.2. The van der Waals surface area contributed by atoms with Crippen molar-refractivity contribution in [3.63, 3.8) is 0 Å². The number of aryl methyl sites for hydroxylation is 2. The summed E-state index contributed by atoms with van der Waals surface area (Å²) in [4.78, 5) is 0. The van der Waals surface area contributed by atoms with Crippen LogP contribution in [0.4, 0.5) is 5.69 Å². The maximum atomic E-state index is 5.55. The van der Waals surface area contributed by atoms with E-state index in [9.17, 15) is 0 Å². The number of benzene rings is 2. The zero-order valence-corrected chi connectivity index (χ0v) is 14.2. The first-order chi connectivity index (χ1) is 11.7. The number of anilines is 1. The molecule has 1 N–H and O–H groups in total. The van der Waals surface area contributed by atoms with Crippen molar-refractivity contribution in [2.45, 2.75) is 26.9 Å². The molecular formula is C20H21N3O. The second-order valence-electron chi connectivity index (χ2n) is 6.16. The molecule has 0 radical (unpaired) electrons. The fraction of sp³-hybridized carbons (Fsp3) is 0.250. The van der Waals surface area contributed by atoms with Crippen LogP contribution in [-0.4, -0.2) is 16.4 Å². The highest BCUT2D eigenvalue weighted by atomic mass is 16.5. The third kappa shape index (κ3) is 2.35. The maximum absolute atomic E-state index is 5.55. The molecule has 0 aliphatic carbocycles. The number of hydrogen-bond donors (Lipinski definition) is 1. The Labute approximate surface area is 142 Å². The summed E-state index contributed by atoms with van der Waals surface area (Å²) in [5.41, 5.74) is 6.98. The van der Waals surface area contributed by atoms with E-state index >= 15 is 0 Å². The molecule has 0 spiro atoms. The highest BCUT2D eigenvalue weighted by Gasteiger charge is 2.27. The molecule has 3 aromatic rings. The van der Waals surface area contributed by atoms with Gasteiger partial charge in [-0.2, -0.15) is 5.10 Å². The normalized spacial score (nSPS) is 15.4. The number of nitrogens with zero attached hydrogens (tertiary/aromatic N) is 2. The lowest BCUT2D eigenvalue weighted by Crippen LogP contribution is -2.26. The van der Waals surface area contributed by atoms with E-state index in [1.807, 2.05) is 26.0 Å².